The van der Waals surface area contributed by atoms with Gasteiger partial charge in [-0.05, 0) is 6.42 Å². The Morgan fingerprint density at radius 2 is 2.03 bits per heavy atom. The maximum Gasteiger partial charge on any atom is 0.475 e. The molecule has 0 radical (unpaired) electrons. The number of hydrogen-bond donors (Lipinski definition) is 4. The fourth-order valence-corrected chi connectivity index (χ4v) is 2.61. The Kier molecular flexibility index (Phi) is 8.71. The highest BCUT2D eigenvalue weighted by molar-refractivity contribution is 6.43. The SMILES string of the molecule is CCC[C@H](NC(=O)/C(=C\C(=O)N1CCOCC1)NC(=O)c1cnccn1)B(O)O. The van der Waals surface area contributed by atoms with Gasteiger partial charge in [0.25, 0.3) is 11.8 Å². The molecule has 1 aromatic rings. The fourth-order valence-electron chi connectivity index (χ4n) is 2.61. The van der Waals surface area contributed by atoms with Crippen molar-refractivity contribution in [2.45, 2.75) is 25.7 Å². The van der Waals surface area contributed by atoms with Crippen molar-refractivity contribution in [3.05, 3.63) is 36.1 Å². The lowest BCUT2D eigenvalue weighted by Gasteiger charge is -2.26. The van der Waals surface area contributed by atoms with Crippen molar-refractivity contribution in [3.8, 4) is 0 Å². The molecule has 2 rings (SSSR count). The topological polar surface area (TPSA) is 154 Å². The first kappa shape index (κ1) is 22.5. The first-order valence-electron chi connectivity index (χ1n) is 9.25. The minimum Gasteiger partial charge on any atom is -0.426 e. The summed E-state index contributed by atoms with van der Waals surface area (Å²) in [5.41, 5.74) is -0.378. The lowest BCUT2D eigenvalue weighted by Crippen LogP contribution is -2.49. The molecule has 1 fully saturated rings. The van der Waals surface area contributed by atoms with Gasteiger partial charge in [-0.2, -0.15) is 0 Å². The zero-order chi connectivity index (χ0) is 21.2. The van der Waals surface area contributed by atoms with E-state index >= 15 is 0 Å². The molecule has 0 aromatic carbocycles. The number of rotatable bonds is 8. The van der Waals surface area contributed by atoms with Crippen LogP contribution in [0, 0.1) is 0 Å². The van der Waals surface area contributed by atoms with Crippen LogP contribution in [0.5, 0.6) is 0 Å². The summed E-state index contributed by atoms with van der Waals surface area (Å²) in [7, 11) is -1.79. The van der Waals surface area contributed by atoms with Crippen LogP contribution < -0.4 is 10.6 Å². The van der Waals surface area contributed by atoms with E-state index in [1.165, 1.54) is 23.5 Å². The molecule has 11 nitrogen and oxygen atoms in total. The van der Waals surface area contributed by atoms with Crippen LogP contribution in [0.15, 0.2) is 30.4 Å². The molecule has 1 atom stereocenters. The van der Waals surface area contributed by atoms with E-state index in [-0.39, 0.29) is 11.4 Å². The van der Waals surface area contributed by atoms with Crippen LogP contribution in [0.3, 0.4) is 0 Å². The predicted molar refractivity (Wildman–Crippen MR) is 102 cm³/mol. The molecule has 3 amide bonds. The van der Waals surface area contributed by atoms with Crippen LogP contribution in [0.1, 0.15) is 30.3 Å². The Hall–Kier alpha value is -2.83. The zero-order valence-corrected chi connectivity index (χ0v) is 16.1. The van der Waals surface area contributed by atoms with Crippen molar-refractivity contribution >= 4 is 24.8 Å². The number of aromatic nitrogens is 2. The lowest BCUT2D eigenvalue weighted by atomic mass is 9.77. The van der Waals surface area contributed by atoms with Crippen molar-refractivity contribution in [3.63, 3.8) is 0 Å². The van der Waals surface area contributed by atoms with Crippen LogP contribution in [0.25, 0.3) is 0 Å². The van der Waals surface area contributed by atoms with Crippen LogP contribution in [-0.4, -0.2) is 82.0 Å². The number of nitrogens with zero attached hydrogens (tertiary/aromatic N) is 3. The van der Waals surface area contributed by atoms with Crippen molar-refractivity contribution in [1.82, 2.24) is 25.5 Å². The van der Waals surface area contributed by atoms with E-state index < -0.39 is 30.8 Å². The minimum atomic E-state index is -1.79. The van der Waals surface area contributed by atoms with Gasteiger partial charge in [0.1, 0.15) is 11.4 Å². The summed E-state index contributed by atoms with van der Waals surface area (Å²) in [6, 6.07) is 0. The highest BCUT2D eigenvalue weighted by atomic mass is 16.5. The monoisotopic (exact) mass is 405 g/mol. The average molecular weight is 405 g/mol. The number of carbonyl (C=O) groups excluding carboxylic acids is 3. The zero-order valence-electron chi connectivity index (χ0n) is 16.1. The van der Waals surface area contributed by atoms with Gasteiger partial charge < -0.3 is 30.3 Å². The first-order valence-corrected chi connectivity index (χ1v) is 9.25. The largest absolute Gasteiger partial charge is 0.475 e. The molecule has 4 N–H and O–H groups in total. The van der Waals surface area contributed by atoms with Gasteiger partial charge in [-0.1, -0.05) is 13.3 Å². The standard InChI is InChI=1S/C17H24BN5O6/c1-2-3-14(18(27)28)22-16(25)12(10-15(24)23-6-8-29-9-7-23)21-17(26)13-11-19-4-5-20-13/h4-5,10-11,14,27-28H,2-3,6-9H2,1H3,(H,21,26)(H,22,25)/b12-10+/t14-/m0/s1. The smallest absolute Gasteiger partial charge is 0.426 e. The molecule has 1 aromatic heterocycles. The van der Waals surface area contributed by atoms with E-state index in [9.17, 15) is 24.4 Å². The molecule has 1 aliphatic rings. The Bertz CT molecular complexity index is 739. The summed E-state index contributed by atoms with van der Waals surface area (Å²) >= 11 is 0. The third-order valence-electron chi connectivity index (χ3n) is 4.16. The van der Waals surface area contributed by atoms with Gasteiger partial charge in [-0.15, -0.1) is 0 Å². The van der Waals surface area contributed by atoms with Gasteiger partial charge in [-0.25, -0.2) is 4.98 Å². The molecule has 0 unspecified atom stereocenters. The molecule has 29 heavy (non-hydrogen) atoms. The molecule has 2 heterocycles. The summed E-state index contributed by atoms with van der Waals surface area (Å²) < 4.78 is 5.20. The maximum absolute atomic E-state index is 12.7. The molecule has 1 saturated heterocycles. The second-order valence-corrected chi connectivity index (χ2v) is 6.32. The lowest BCUT2D eigenvalue weighted by molar-refractivity contribution is -0.130. The van der Waals surface area contributed by atoms with Gasteiger partial charge in [0.2, 0.25) is 5.91 Å². The van der Waals surface area contributed by atoms with Crippen LogP contribution in [-0.2, 0) is 14.3 Å². The number of carbonyl (C=O) groups is 3. The van der Waals surface area contributed by atoms with E-state index in [2.05, 4.69) is 20.6 Å². The van der Waals surface area contributed by atoms with Crippen LogP contribution >= 0.6 is 0 Å². The van der Waals surface area contributed by atoms with E-state index in [4.69, 9.17) is 4.74 Å². The Balaban J connectivity index is 2.21. The number of ether oxygens (including phenoxy) is 1. The first-order chi connectivity index (χ1) is 13.9. The molecule has 156 valence electrons. The van der Waals surface area contributed by atoms with Crippen molar-refractivity contribution < 1.29 is 29.2 Å². The number of hydrogen-bond acceptors (Lipinski definition) is 8. The number of morpholine rings is 1. The van der Waals surface area contributed by atoms with Crippen molar-refractivity contribution in [2.24, 2.45) is 0 Å². The Labute approximate surface area is 168 Å². The molecular formula is C17H24BN5O6. The van der Waals surface area contributed by atoms with Gasteiger partial charge in [0.05, 0.1) is 25.4 Å². The average Bonchev–Trinajstić information content (AvgIpc) is 2.73. The second kappa shape index (κ2) is 11.2. The molecular weight excluding hydrogens is 381 g/mol. The third-order valence-corrected chi connectivity index (χ3v) is 4.16. The fraction of sp³-hybridized carbons (Fsp3) is 0.471. The predicted octanol–water partition coefficient (Wildman–Crippen LogP) is -1.75. The van der Waals surface area contributed by atoms with Crippen LogP contribution in [0.2, 0.25) is 0 Å². The summed E-state index contributed by atoms with van der Waals surface area (Å²) in [5.74, 6) is -2.99. The summed E-state index contributed by atoms with van der Waals surface area (Å²) in [6.07, 6.45) is 5.80. The van der Waals surface area contributed by atoms with E-state index in [1.54, 1.807) is 0 Å². The number of nitrogens with one attached hydrogen (secondary N) is 2. The summed E-state index contributed by atoms with van der Waals surface area (Å²) in [6.45, 7) is 3.28. The molecule has 12 heteroatoms. The highest BCUT2D eigenvalue weighted by Crippen LogP contribution is 2.04. The molecule has 0 spiro atoms. The normalized spacial score (nSPS) is 15.4. The van der Waals surface area contributed by atoms with E-state index in [0.717, 1.165) is 6.08 Å². The van der Waals surface area contributed by atoms with Crippen molar-refractivity contribution in [1.29, 1.82) is 0 Å². The van der Waals surface area contributed by atoms with Crippen molar-refractivity contribution in [2.75, 3.05) is 26.3 Å². The maximum atomic E-state index is 12.7. The van der Waals surface area contributed by atoms with E-state index in [1.807, 2.05) is 6.92 Å². The molecule has 1 aliphatic heterocycles. The van der Waals surface area contributed by atoms with Crippen LogP contribution in [0.4, 0.5) is 0 Å². The molecule has 0 saturated carbocycles. The quantitative estimate of drug-likeness (QED) is 0.293. The Morgan fingerprint density at radius 3 is 2.62 bits per heavy atom. The molecule has 0 bridgehead atoms. The van der Waals surface area contributed by atoms with Gasteiger partial charge in [-0.3, -0.25) is 19.4 Å². The number of amides is 3. The van der Waals surface area contributed by atoms with Gasteiger partial charge in [0, 0.05) is 31.6 Å². The Morgan fingerprint density at radius 1 is 1.31 bits per heavy atom. The summed E-state index contributed by atoms with van der Waals surface area (Å²) in [4.78, 5) is 46.7. The minimum absolute atomic E-state index is 0.0441. The highest BCUT2D eigenvalue weighted by Gasteiger charge is 2.27. The summed E-state index contributed by atoms with van der Waals surface area (Å²) in [5, 5.41) is 23.7. The third kappa shape index (κ3) is 6.93. The second-order valence-electron chi connectivity index (χ2n) is 6.32. The van der Waals surface area contributed by atoms with Gasteiger partial charge in [0.15, 0.2) is 0 Å². The van der Waals surface area contributed by atoms with Gasteiger partial charge >= 0.3 is 7.12 Å². The molecule has 0 aliphatic carbocycles. The van der Waals surface area contributed by atoms with E-state index in [0.29, 0.717) is 39.1 Å².